The van der Waals surface area contributed by atoms with Crippen molar-refractivity contribution in [2.45, 2.75) is 25.2 Å². The average molecular weight is 222 g/mol. The summed E-state index contributed by atoms with van der Waals surface area (Å²) < 4.78 is 5.20. The van der Waals surface area contributed by atoms with Crippen LogP contribution in [0, 0.1) is 0 Å². The molecule has 2 aliphatic carbocycles. The SMILES string of the molecule is C1=CC(c2ccoc2)c2cc3c(cc21)CCC3. The first-order valence-corrected chi connectivity index (χ1v) is 6.28. The van der Waals surface area contributed by atoms with Crippen molar-refractivity contribution in [2.24, 2.45) is 0 Å². The minimum absolute atomic E-state index is 0.398. The summed E-state index contributed by atoms with van der Waals surface area (Å²) in [6.45, 7) is 0. The maximum absolute atomic E-state index is 5.20. The fraction of sp³-hybridized carbons (Fsp3) is 0.250. The van der Waals surface area contributed by atoms with Gasteiger partial charge in [-0.2, -0.15) is 0 Å². The molecule has 1 unspecified atom stereocenters. The van der Waals surface area contributed by atoms with E-state index >= 15 is 0 Å². The lowest BCUT2D eigenvalue weighted by Gasteiger charge is -2.11. The van der Waals surface area contributed by atoms with Crippen LogP contribution >= 0.6 is 0 Å². The van der Waals surface area contributed by atoms with E-state index in [1.807, 2.05) is 6.26 Å². The van der Waals surface area contributed by atoms with E-state index in [9.17, 15) is 0 Å². The van der Waals surface area contributed by atoms with Crippen LogP contribution in [-0.4, -0.2) is 0 Å². The molecular weight excluding hydrogens is 208 g/mol. The molecule has 84 valence electrons. The highest BCUT2D eigenvalue weighted by Gasteiger charge is 2.23. The summed E-state index contributed by atoms with van der Waals surface area (Å²) in [6.07, 6.45) is 12.0. The zero-order valence-electron chi connectivity index (χ0n) is 9.65. The Labute approximate surface area is 101 Å². The summed E-state index contributed by atoms with van der Waals surface area (Å²) >= 11 is 0. The van der Waals surface area contributed by atoms with Gasteiger partial charge in [-0.1, -0.05) is 24.3 Å². The molecule has 0 amide bonds. The maximum Gasteiger partial charge on any atom is 0.0943 e. The summed E-state index contributed by atoms with van der Waals surface area (Å²) in [6, 6.07) is 6.86. The Bertz CT molecular complexity index is 590. The monoisotopic (exact) mass is 222 g/mol. The Hall–Kier alpha value is -1.76. The van der Waals surface area contributed by atoms with Gasteiger partial charge in [0.05, 0.1) is 12.5 Å². The number of allylic oxidation sites excluding steroid dienone is 1. The molecule has 1 nitrogen and oxygen atoms in total. The maximum atomic E-state index is 5.20. The quantitative estimate of drug-likeness (QED) is 0.712. The first-order chi connectivity index (χ1) is 8.42. The average Bonchev–Trinajstić information content (AvgIpc) is 3.05. The number of hydrogen-bond acceptors (Lipinski definition) is 1. The number of benzene rings is 1. The molecule has 0 fully saturated rings. The minimum Gasteiger partial charge on any atom is -0.472 e. The first-order valence-electron chi connectivity index (χ1n) is 6.28. The molecule has 17 heavy (non-hydrogen) atoms. The summed E-state index contributed by atoms with van der Waals surface area (Å²) in [4.78, 5) is 0. The highest BCUT2D eigenvalue weighted by atomic mass is 16.3. The van der Waals surface area contributed by atoms with Crippen molar-refractivity contribution in [2.75, 3.05) is 0 Å². The molecule has 1 aromatic carbocycles. The Balaban J connectivity index is 1.85. The predicted octanol–water partition coefficient (Wildman–Crippen LogP) is 3.93. The lowest BCUT2D eigenvalue weighted by atomic mass is 9.92. The van der Waals surface area contributed by atoms with E-state index in [0.29, 0.717) is 5.92 Å². The van der Waals surface area contributed by atoms with Crippen LogP contribution in [0.1, 0.15) is 40.2 Å². The molecule has 1 aromatic heterocycles. The summed E-state index contributed by atoms with van der Waals surface area (Å²) in [5.74, 6) is 0.398. The van der Waals surface area contributed by atoms with E-state index in [1.165, 1.54) is 36.0 Å². The van der Waals surface area contributed by atoms with E-state index in [-0.39, 0.29) is 0 Å². The molecule has 2 aromatic rings. The Morgan fingerprint density at radius 1 is 1.12 bits per heavy atom. The van der Waals surface area contributed by atoms with Gasteiger partial charge in [0.1, 0.15) is 0 Å². The molecule has 2 aliphatic rings. The second-order valence-electron chi connectivity index (χ2n) is 5.00. The predicted molar refractivity (Wildman–Crippen MR) is 68.1 cm³/mol. The van der Waals surface area contributed by atoms with Gasteiger partial charge in [-0.25, -0.2) is 0 Å². The minimum atomic E-state index is 0.398. The van der Waals surface area contributed by atoms with Crippen molar-refractivity contribution < 1.29 is 4.42 Å². The van der Waals surface area contributed by atoms with E-state index in [4.69, 9.17) is 4.42 Å². The smallest absolute Gasteiger partial charge is 0.0943 e. The van der Waals surface area contributed by atoms with Crippen LogP contribution < -0.4 is 0 Å². The summed E-state index contributed by atoms with van der Waals surface area (Å²) in [5, 5.41) is 0. The van der Waals surface area contributed by atoms with Crippen molar-refractivity contribution in [3.8, 4) is 0 Å². The lowest BCUT2D eigenvalue weighted by Crippen LogP contribution is -1.96. The molecule has 0 saturated carbocycles. The number of fused-ring (bicyclic) bond motifs is 2. The van der Waals surface area contributed by atoms with Crippen molar-refractivity contribution >= 4 is 6.08 Å². The number of furan rings is 1. The van der Waals surface area contributed by atoms with Gasteiger partial charge in [-0.15, -0.1) is 0 Å². The number of aryl methyl sites for hydroxylation is 2. The molecular formula is C16H14O. The van der Waals surface area contributed by atoms with Crippen molar-refractivity contribution in [3.63, 3.8) is 0 Å². The third-order valence-electron chi connectivity index (χ3n) is 4.00. The molecule has 0 spiro atoms. The molecule has 1 heterocycles. The van der Waals surface area contributed by atoms with Gasteiger partial charge in [-0.05, 0) is 47.6 Å². The van der Waals surface area contributed by atoms with Crippen LogP contribution in [0.15, 0.2) is 41.2 Å². The van der Waals surface area contributed by atoms with E-state index in [2.05, 4.69) is 30.4 Å². The van der Waals surface area contributed by atoms with Crippen LogP contribution in [0.25, 0.3) is 6.08 Å². The second-order valence-corrected chi connectivity index (χ2v) is 5.00. The molecule has 0 aliphatic heterocycles. The Morgan fingerprint density at radius 3 is 2.82 bits per heavy atom. The van der Waals surface area contributed by atoms with E-state index in [1.54, 1.807) is 17.4 Å². The van der Waals surface area contributed by atoms with E-state index < -0.39 is 0 Å². The summed E-state index contributed by atoms with van der Waals surface area (Å²) in [5.41, 5.74) is 7.23. The fourth-order valence-electron chi connectivity index (χ4n) is 3.12. The molecule has 0 saturated heterocycles. The fourth-order valence-corrected chi connectivity index (χ4v) is 3.12. The highest BCUT2D eigenvalue weighted by Crippen LogP contribution is 2.38. The van der Waals surface area contributed by atoms with Gasteiger partial charge in [0.25, 0.3) is 0 Å². The molecule has 0 radical (unpaired) electrons. The van der Waals surface area contributed by atoms with Gasteiger partial charge in [0.15, 0.2) is 0 Å². The molecule has 1 atom stereocenters. The first kappa shape index (κ1) is 9.29. The van der Waals surface area contributed by atoms with Gasteiger partial charge >= 0.3 is 0 Å². The molecule has 4 rings (SSSR count). The molecule has 1 heteroatoms. The van der Waals surface area contributed by atoms with Crippen LogP contribution in [0.3, 0.4) is 0 Å². The largest absolute Gasteiger partial charge is 0.472 e. The Morgan fingerprint density at radius 2 is 2.00 bits per heavy atom. The third-order valence-corrected chi connectivity index (χ3v) is 4.00. The van der Waals surface area contributed by atoms with Crippen LogP contribution in [0.4, 0.5) is 0 Å². The zero-order chi connectivity index (χ0) is 11.2. The topological polar surface area (TPSA) is 13.1 Å². The van der Waals surface area contributed by atoms with Crippen LogP contribution in [0.2, 0.25) is 0 Å². The van der Waals surface area contributed by atoms with Crippen LogP contribution in [0.5, 0.6) is 0 Å². The number of rotatable bonds is 1. The molecule has 0 N–H and O–H groups in total. The third kappa shape index (κ3) is 1.32. The lowest BCUT2D eigenvalue weighted by molar-refractivity contribution is 0.563. The zero-order valence-corrected chi connectivity index (χ0v) is 9.65. The van der Waals surface area contributed by atoms with Gasteiger partial charge in [-0.3, -0.25) is 0 Å². The normalized spacial score (nSPS) is 20.6. The second kappa shape index (κ2) is 3.36. The van der Waals surface area contributed by atoms with Crippen molar-refractivity contribution in [1.29, 1.82) is 0 Å². The van der Waals surface area contributed by atoms with Gasteiger partial charge < -0.3 is 4.42 Å². The highest BCUT2D eigenvalue weighted by molar-refractivity contribution is 5.67. The molecule has 0 bridgehead atoms. The number of hydrogen-bond donors (Lipinski definition) is 0. The van der Waals surface area contributed by atoms with E-state index in [0.717, 1.165) is 0 Å². The van der Waals surface area contributed by atoms with Crippen LogP contribution in [-0.2, 0) is 12.8 Å². The van der Waals surface area contributed by atoms with Crippen molar-refractivity contribution in [3.05, 3.63) is 64.6 Å². The standard InChI is InChI=1S/C16H14O/c1-2-11-8-13-4-5-15(14-6-7-17-10-14)16(13)9-12(11)3-1/h4-10,15H,1-3H2. The summed E-state index contributed by atoms with van der Waals surface area (Å²) in [7, 11) is 0. The van der Waals surface area contributed by atoms with Gasteiger partial charge in [0, 0.05) is 11.5 Å². The van der Waals surface area contributed by atoms with Gasteiger partial charge in [0.2, 0.25) is 0 Å². The van der Waals surface area contributed by atoms with Crippen molar-refractivity contribution in [1.82, 2.24) is 0 Å². The Kier molecular flexibility index (Phi) is 1.84.